The van der Waals surface area contributed by atoms with E-state index in [2.05, 4.69) is 7.84 Å². The fourth-order valence-electron chi connectivity index (χ4n) is 0. The van der Waals surface area contributed by atoms with Crippen molar-refractivity contribution in [3.05, 3.63) is 10.4 Å². The van der Waals surface area contributed by atoms with Crippen LogP contribution in [0.3, 0.4) is 0 Å². The van der Waals surface area contributed by atoms with E-state index in [4.69, 9.17) is 5.53 Å². The Balaban J connectivity index is 0. The van der Waals surface area contributed by atoms with E-state index in [1.807, 2.05) is 0 Å². The molecule has 0 aromatic heterocycles. The predicted molar refractivity (Wildman–Crippen MR) is 19.9 cm³/mol. The molecule has 0 fully saturated rings. The molecule has 0 unspecified atom stereocenters. The van der Waals surface area contributed by atoms with Crippen LogP contribution in [-0.2, 0) is 0 Å². The van der Waals surface area contributed by atoms with Crippen molar-refractivity contribution in [2.24, 2.45) is 2.92 Å². The van der Waals surface area contributed by atoms with E-state index in [9.17, 15) is 0 Å². The second-order valence-electron chi connectivity index (χ2n) is 0.205. The summed E-state index contributed by atoms with van der Waals surface area (Å²) in [5, 5.41) is 0. The molecule has 0 amide bonds. The molecule has 0 bridgehead atoms. The van der Waals surface area contributed by atoms with Crippen molar-refractivity contribution in [2.45, 2.75) is 0 Å². The summed E-state index contributed by atoms with van der Waals surface area (Å²) in [7, 11) is 0. The standard InChI is InChI=1S/N3.H2O.Pb.H/c1-3-2;;;/h;1H2;;/q-1;;+1;. The molecule has 0 saturated heterocycles. The fourth-order valence-corrected chi connectivity index (χ4v) is 0. The van der Waals surface area contributed by atoms with Crippen LogP contribution < -0.4 is 0 Å². The van der Waals surface area contributed by atoms with Crippen LogP contribution in [0.4, 0.5) is 0 Å². The van der Waals surface area contributed by atoms with Gasteiger partial charge in [0.2, 0.25) is 0 Å². The van der Waals surface area contributed by atoms with Gasteiger partial charge >= 0.3 is 39.4 Å². The van der Waals surface area contributed by atoms with Gasteiger partial charge in [-0.25, -0.2) is 0 Å². The van der Waals surface area contributed by atoms with Crippen LogP contribution in [0.15, 0.2) is 2.92 Å². The minimum atomic E-state index is 0. The Labute approximate surface area is 45.2 Å². The molecule has 0 spiro atoms. The third-order valence-corrected chi connectivity index (χ3v) is 0.453. The molecule has 0 atom stereocenters. The third-order valence-electron chi connectivity index (χ3n) is 0.0516. The first kappa shape index (κ1) is 8.95. The van der Waals surface area contributed by atoms with Crippen molar-refractivity contribution in [3.63, 3.8) is 0 Å². The Hall–Kier alpha value is 0.192. The number of nitrogens with zero attached hydrogens (tertiary/aromatic N) is 3. The SMILES string of the molecule is O.[N-]=[N+]=[N][PbH]. The molecule has 2 radical (unpaired) electrons. The first-order valence-corrected chi connectivity index (χ1v) is 2.67. The number of hydrogen-bond acceptors (Lipinski definition) is 1. The monoisotopic (exact) mass is 269 g/mol. The van der Waals surface area contributed by atoms with Crippen molar-refractivity contribution in [2.75, 3.05) is 0 Å². The molecule has 0 aliphatic heterocycles. The Morgan fingerprint density at radius 3 is 2.00 bits per heavy atom. The fraction of sp³-hybridized carbons (Fsp3) is 0. The molecule has 0 aromatic carbocycles. The summed E-state index contributed by atoms with van der Waals surface area (Å²) in [5.74, 6) is 0. The molecular weight excluding hydrogens is 265 g/mol. The minimum absolute atomic E-state index is 0. The molecule has 0 aromatic rings. The zero-order chi connectivity index (χ0) is 3.41. The number of hydrogen-bond donors (Lipinski definition) is 0. The molecule has 0 rings (SSSR count). The van der Waals surface area contributed by atoms with Gasteiger partial charge in [0.1, 0.15) is 0 Å². The maximum absolute atomic E-state index is 7.38. The van der Waals surface area contributed by atoms with Crippen LogP contribution in [-0.4, -0.2) is 31.5 Å². The third kappa shape index (κ3) is 14.2. The van der Waals surface area contributed by atoms with Gasteiger partial charge < -0.3 is 5.48 Å². The van der Waals surface area contributed by atoms with Gasteiger partial charge in [-0.3, -0.25) is 0 Å². The van der Waals surface area contributed by atoms with Crippen molar-refractivity contribution in [3.8, 4) is 0 Å². The normalized spacial score (nSPS) is 3.40. The van der Waals surface area contributed by atoms with Crippen LogP contribution in [0.5, 0.6) is 0 Å². The van der Waals surface area contributed by atoms with E-state index >= 15 is 0 Å². The molecule has 5 heteroatoms. The molecule has 0 heterocycles. The van der Waals surface area contributed by atoms with Crippen molar-refractivity contribution < 1.29 is 5.48 Å². The van der Waals surface area contributed by atoms with Gasteiger partial charge in [0.25, 0.3) is 0 Å². The number of azide groups is 1. The quantitative estimate of drug-likeness (QED) is 0.241. The number of rotatable bonds is 0. The van der Waals surface area contributed by atoms with Crippen LogP contribution in [0.1, 0.15) is 0 Å². The van der Waals surface area contributed by atoms with Crippen molar-refractivity contribution in [1.82, 2.24) is 0 Å². The first-order chi connectivity index (χ1) is 1.91. The summed E-state index contributed by atoms with van der Waals surface area (Å²) in [4.78, 5) is 2.44. The second-order valence-corrected chi connectivity index (χ2v) is 1.10. The van der Waals surface area contributed by atoms with Crippen LogP contribution in [0.25, 0.3) is 10.4 Å². The van der Waals surface area contributed by atoms with Crippen molar-refractivity contribution in [1.29, 1.82) is 0 Å². The van der Waals surface area contributed by atoms with Gasteiger partial charge in [-0.1, -0.05) is 0 Å². The summed E-state index contributed by atoms with van der Waals surface area (Å²) in [6.07, 6.45) is 0. The average Bonchev–Trinajstić information content (AvgIpc) is 1.37. The summed E-state index contributed by atoms with van der Waals surface area (Å²) in [6, 6.07) is 0. The predicted octanol–water partition coefficient (Wildman–Crippen LogP) is -0.712. The van der Waals surface area contributed by atoms with E-state index in [1.54, 1.807) is 0 Å². The summed E-state index contributed by atoms with van der Waals surface area (Å²) in [5.41, 5.74) is 7.38. The second kappa shape index (κ2) is 8.89. The van der Waals surface area contributed by atoms with Gasteiger partial charge in [-0.05, 0) is 0 Å². The summed E-state index contributed by atoms with van der Waals surface area (Å²) >= 11 is 0.440. The molecular formula is H3N3OPb. The van der Waals surface area contributed by atoms with Gasteiger partial charge in [0, 0.05) is 0 Å². The van der Waals surface area contributed by atoms with Crippen LogP contribution in [0.2, 0.25) is 0 Å². The molecule has 2 N–H and O–H groups in total. The Bertz CT molecular complexity index is 44.9. The molecule has 4 nitrogen and oxygen atoms in total. The molecule has 0 aliphatic carbocycles. The zero-order valence-corrected chi connectivity index (χ0v) is 6.91. The molecule has 0 aliphatic rings. The molecule has 5 heavy (non-hydrogen) atoms. The Morgan fingerprint density at radius 1 is 1.80 bits per heavy atom. The van der Waals surface area contributed by atoms with E-state index in [0.717, 1.165) is 0 Å². The van der Waals surface area contributed by atoms with Crippen LogP contribution >= 0.6 is 0 Å². The summed E-state index contributed by atoms with van der Waals surface area (Å²) < 4.78 is 3.08. The molecule has 28 valence electrons. The van der Waals surface area contributed by atoms with E-state index in [-0.39, 0.29) is 5.48 Å². The molecule has 0 saturated carbocycles. The zero-order valence-electron chi connectivity index (χ0n) is 2.42. The Kier molecular flexibility index (Phi) is 15.9. The first-order valence-electron chi connectivity index (χ1n) is 0.658. The van der Waals surface area contributed by atoms with Gasteiger partial charge in [-0.15, -0.1) is 0 Å². The van der Waals surface area contributed by atoms with E-state index < -0.39 is 0 Å². The van der Waals surface area contributed by atoms with Gasteiger partial charge in [-0.2, -0.15) is 0 Å². The van der Waals surface area contributed by atoms with Crippen molar-refractivity contribution >= 4 is 26.1 Å². The maximum atomic E-state index is 7.38. The van der Waals surface area contributed by atoms with E-state index in [0.29, 0.717) is 26.1 Å². The van der Waals surface area contributed by atoms with Crippen LogP contribution in [0, 0.1) is 0 Å². The van der Waals surface area contributed by atoms with E-state index in [1.165, 1.54) is 0 Å². The topological polar surface area (TPSA) is 80.3 Å². The van der Waals surface area contributed by atoms with Gasteiger partial charge in [0.15, 0.2) is 0 Å². The van der Waals surface area contributed by atoms with Gasteiger partial charge in [0.05, 0.1) is 0 Å². The summed E-state index contributed by atoms with van der Waals surface area (Å²) in [6.45, 7) is 0. The Morgan fingerprint density at radius 2 is 2.00 bits per heavy atom. The average molecular weight is 268 g/mol.